The fourth-order valence-corrected chi connectivity index (χ4v) is 11.8. The fraction of sp³-hybridized carbons (Fsp3) is 0.781. The number of amides is 11. The Morgan fingerprint density at radius 1 is 0.533 bits per heavy atom. The lowest BCUT2D eigenvalue weighted by Gasteiger charge is -2.41. The number of carbonyl (C=O) groups excluding carboxylic acids is 12. The maximum atomic E-state index is 15.3. The second kappa shape index (κ2) is 35.2. The first kappa shape index (κ1) is 79.4. The Balaban J connectivity index is 3.08. The minimum absolute atomic E-state index is 0.0909. The summed E-state index contributed by atoms with van der Waals surface area (Å²) in [5.41, 5.74) is 0. The van der Waals surface area contributed by atoms with E-state index < -0.39 is 173 Å². The van der Waals surface area contributed by atoms with E-state index in [1.165, 1.54) is 77.8 Å². The molecule has 15 atom stereocenters. The van der Waals surface area contributed by atoms with E-state index in [-0.39, 0.29) is 62.8 Å². The van der Waals surface area contributed by atoms with Crippen molar-refractivity contribution < 1.29 is 72.5 Å². The van der Waals surface area contributed by atoms with Gasteiger partial charge in [0, 0.05) is 55.6 Å². The molecule has 26 heteroatoms. The summed E-state index contributed by atoms with van der Waals surface area (Å²) in [4.78, 5) is 183. The Morgan fingerprint density at radius 2 is 0.989 bits per heavy atom. The number of fused-ring (bicyclic) bond motifs is 1. The van der Waals surface area contributed by atoms with Crippen molar-refractivity contribution in [1.29, 1.82) is 0 Å². The smallest absolute Gasteiger partial charge is 0.302 e. The molecule has 0 aliphatic carbocycles. The van der Waals surface area contributed by atoms with Crippen LogP contribution in [0.15, 0.2) is 12.2 Å². The third-order valence-corrected chi connectivity index (χ3v) is 17.1. The van der Waals surface area contributed by atoms with Crippen LogP contribution in [0.4, 0.5) is 0 Å². The number of rotatable bonds is 15. The highest BCUT2D eigenvalue weighted by molar-refractivity contribution is 6.00. The van der Waals surface area contributed by atoms with Crippen LogP contribution in [0.2, 0.25) is 0 Å². The minimum atomic E-state index is -1.71. The second-order valence-corrected chi connectivity index (χ2v) is 26.9. The molecule has 0 bridgehead atoms. The summed E-state index contributed by atoms with van der Waals surface area (Å²) >= 11 is 0. The molecule has 2 aliphatic rings. The molecule has 26 nitrogen and oxygen atoms in total. The quantitative estimate of drug-likeness (QED) is 0.100. The van der Waals surface area contributed by atoms with Gasteiger partial charge in [0.05, 0.1) is 18.8 Å². The van der Waals surface area contributed by atoms with Gasteiger partial charge in [-0.25, -0.2) is 0 Å². The van der Waals surface area contributed by atoms with E-state index in [1.807, 2.05) is 41.5 Å². The van der Waals surface area contributed by atoms with Crippen LogP contribution in [0, 0.1) is 35.5 Å². The Labute approximate surface area is 534 Å². The molecule has 11 amide bonds. The summed E-state index contributed by atoms with van der Waals surface area (Å²) in [6, 6.07) is -15.1. The van der Waals surface area contributed by atoms with Gasteiger partial charge in [0.25, 0.3) is 0 Å². The first-order valence-corrected chi connectivity index (χ1v) is 31.9. The number of hydrogen-bond acceptors (Lipinski definition) is 15. The lowest BCUT2D eigenvalue weighted by molar-refractivity contribution is -0.157. The first-order valence-electron chi connectivity index (χ1n) is 31.9. The molecule has 0 aromatic rings. The lowest BCUT2D eigenvalue weighted by atomic mass is 9.91. The Morgan fingerprint density at radius 3 is 1.46 bits per heavy atom. The number of ether oxygens (including phenoxy) is 1. The monoisotopic (exact) mass is 1270 g/mol. The average Bonchev–Trinajstić information content (AvgIpc) is 2.12. The van der Waals surface area contributed by atoms with Gasteiger partial charge in [-0.3, -0.25) is 57.5 Å². The van der Waals surface area contributed by atoms with Crippen LogP contribution < -0.4 is 21.3 Å². The maximum absolute atomic E-state index is 15.3. The molecule has 0 saturated carbocycles. The summed E-state index contributed by atoms with van der Waals surface area (Å²) in [6.07, 6.45) is -0.513. The van der Waals surface area contributed by atoms with E-state index in [1.54, 1.807) is 60.6 Å². The van der Waals surface area contributed by atoms with Gasteiger partial charge in [-0.15, -0.1) is 0 Å². The van der Waals surface area contributed by atoms with Crippen molar-refractivity contribution in [2.75, 3.05) is 48.8 Å². The number of nitrogens with one attached hydrogen (secondary N) is 4. The molecule has 0 spiro atoms. The molecule has 6 N–H and O–H groups in total. The van der Waals surface area contributed by atoms with Crippen molar-refractivity contribution in [3.05, 3.63) is 12.2 Å². The zero-order valence-electron chi connectivity index (χ0n) is 58.0. The van der Waals surface area contributed by atoms with Crippen molar-refractivity contribution >= 4 is 70.9 Å². The van der Waals surface area contributed by atoms with Gasteiger partial charge in [-0.2, -0.15) is 0 Å². The number of hydrogen-bond donors (Lipinski definition) is 6. The molecule has 512 valence electrons. The summed E-state index contributed by atoms with van der Waals surface area (Å²) < 4.78 is 5.54. The number of nitrogens with zero attached hydrogens (tertiary/aromatic N) is 7. The molecule has 2 rings (SSSR count). The molecule has 0 aromatic carbocycles. The van der Waals surface area contributed by atoms with Gasteiger partial charge < -0.3 is 70.5 Å². The molecule has 90 heavy (non-hydrogen) atoms. The molecule has 2 fully saturated rings. The average molecular weight is 1270 g/mol. The van der Waals surface area contributed by atoms with Gasteiger partial charge >= 0.3 is 5.97 Å². The van der Waals surface area contributed by atoms with E-state index in [0.29, 0.717) is 0 Å². The number of allylic oxidation sites excluding steroid dienone is 2. The number of esters is 1. The molecule has 2 unspecified atom stereocenters. The number of aliphatic hydroxyl groups is 2. The van der Waals surface area contributed by atoms with Crippen LogP contribution in [0.3, 0.4) is 0 Å². The minimum Gasteiger partial charge on any atom is -0.461 e. The van der Waals surface area contributed by atoms with Crippen LogP contribution >= 0.6 is 0 Å². The predicted octanol–water partition coefficient (Wildman–Crippen LogP) is 1.68. The lowest BCUT2D eigenvalue weighted by Crippen LogP contribution is -2.64. The van der Waals surface area contributed by atoms with Crippen molar-refractivity contribution in [3.63, 3.8) is 0 Å². The van der Waals surface area contributed by atoms with Crippen molar-refractivity contribution in [3.8, 4) is 0 Å². The van der Waals surface area contributed by atoms with Crippen LogP contribution in [0.1, 0.15) is 156 Å². The highest BCUT2D eigenvalue weighted by Crippen LogP contribution is 2.28. The van der Waals surface area contributed by atoms with Crippen molar-refractivity contribution in [2.45, 2.75) is 241 Å². The van der Waals surface area contributed by atoms with Crippen LogP contribution in [-0.2, 0) is 62.3 Å². The van der Waals surface area contributed by atoms with Crippen LogP contribution in [-0.4, -0.2) is 249 Å². The maximum Gasteiger partial charge on any atom is 0.302 e. The molecule has 0 aromatic heterocycles. The van der Waals surface area contributed by atoms with E-state index in [9.17, 15) is 43.8 Å². The van der Waals surface area contributed by atoms with Gasteiger partial charge in [-0.05, 0) is 95.3 Å². The topological polar surface area (TPSA) is 325 Å². The zero-order chi connectivity index (χ0) is 69.4. The molecule has 2 aliphatic heterocycles. The van der Waals surface area contributed by atoms with Crippen LogP contribution in [0.5, 0.6) is 0 Å². The Kier molecular flexibility index (Phi) is 31.1. The summed E-state index contributed by atoms with van der Waals surface area (Å²) in [5, 5.41) is 34.2. The molecule has 2 heterocycles. The van der Waals surface area contributed by atoms with E-state index in [0.717, 1.165) is 26.5 Å². The Hall–Kier alpha value is -6.70. The second-order valence-electron chi connectivity index (χ2n) is 26.9. The molecule has 2 saturated heterocycles. The highest BCUT2D eigenvalue weighted by Gasteiger charge is 2.49. The SMILES string of the molecule is C/C=C/C[C@@H](C)[C@@H](O)[C@H]1C(=O)N[C@@H](CC)C(=O)N2CC(OC(C)=O)C[C@@H]2C(=O)N(C)C([C@@H](C)O)C(=O)N[C@@H](C(C)C)C(=O)N(C)[C@@H](CC(C)C)C(=O)N[C@@H](C)C(=O)N[C@H](C)C(=O)N(C)[C@@H](CC(C)C)C(=O)N(C)[C@@H](CC(C)C)C(=O)N(C)[C@@H](C(C)C)C(=O)N1C. The summed E-state index contributed by atoms with van der Waals surface area (Å²) in [7, 11) is 8.16. The summed E-state index contributed by atoms with van der Waals surface area (Å²) in [5.74, 6) is -11.9. The van der Waals surface area contributed by atoms with Gasteiger partial charge in [0.2, 0.25) is 65.0 Å². The largest absolute Gasteiger partial charge is 0.461 e. The number of carbonyl (C=O) groups is 12. The zero-order valence-corrected chi connectivity index (χ0v) is 58.0. The van der Waals surface area contributed by atoms with Crippen molar-refractivity contribution in [1.82, 2.24) is 55.6 Å². The summed E-state index contributed by atoms with van der Waals surface area (Å²) in [6.45, 7) is 27.6. The third kappa shape index (κ3) is 20.7. The normalized spacial score (nSPS) is 28.6. The van der Waals surface area contributed by atoms with Gasteiger partial charge in [0.15, 0.2) is 0 Å². The highest BCUT2D eigenvalue weighted by atomic mass is 16.5. The fourth-order valence-electron chi connectivity index (χ4n) is 11.8. The van der Waals surface area contributed by atoms with Gasteiger partial charge in [-0.1, -0.05) is 95.2 Å². The van der Waals surface area contributed by atoms with E-state index in [2.05, 4.69) is 21.3 Å². The van der Waals surface area contributed by atoms with E-state index >= 15 is 24.0 Å². The Bertz CT molecular complexity index is 2560. The first-order chi connectivity index (χ1) is 41.6. The van der Waals surface area contributed by atoms with E-state index in [4.69, 9.17) is 4.74 Å². The molecular weight excluding hydrogens is 1160 g/mol. The van der Waals surface area contributed by atoms with Crippen LogP contribution in [0.25, 0.3) is 0 Å². The number of likely N-dealkylation sites (N-methyl/N-ethyl adjacent to an activating group) is 6. The predicted molar refractivity (Wildman–Crippen MR) is 339 cm³/mol. The van der Waals surface area contributed by atoms with Crippen molar-refractivity contribution in [2.24, 2.45) is 35.5 Å². The standard InChI is InChI=1S/C64H111N11O15/c1-24-26-27-38(13)53(78)52-57(82)67-44(25-2)59(84)75-32-43(90-42(17)77)31-48(75)62(87)73(22)51(41(16)76)56(81)68-49(36(9)10)63(88)69(18)45(28-33(3)4)55(80)65-39(14)54(79)66-40(15)58(83)70(19)46(29-34(5)6)60(85)71(20)47(30-35(7)8)61(86)72(21)50(37(11)12)64(89)74(52)23/h24,26,33-41,43-53,76,78H,25,27-32H2,1-23H3,(H,65,80)(H,66,79)(H,67,82)(H,68,81)/b26-24+/t38-,39+,40-,41-,43?,44+,45+,46+,47+,48-,49+,50+,51?,52+,53-/m1/s1. The third-order valence-electron chi connectivity index (χ3n) is 17.1. The number of aliphatic hydroxyl groups excluding tert-OH is 2. The molecule has 0 radical (unpaired) electrons. The van der Waals surface area contributed by atoms with Gasteiger partial charge in [0.1, 0.15) is 72.6 Å². The molecular formula is C64H111N11O15.